The summed E-state index contributed by atoms with van der Waals surface area (Å²) in [7, 11) is 0. The van der Waals surface area contributed by atoms with E-state index in [0.717, 1.165) is 19.3 Å². The van der Waals surface area contributed by atoms with Crippen molar-refractivity contribution in [1.29, 1.82) is 0 Å². The molecule has 0 radical (unpaired) electrons. The van der Waals surface area contributed by atoms with E-state index in [2.05, 4.69) is 0 Å². The van der Waals surface area contributed by atoms with E-state index in [-0.39, 0.29) is 6.42 Å². The second kappa shape index (κ2) is 5.55. The number of rotatable bonds is 3. The normalized spacial score (nSPS) is 20.7. The Kier molecular flexibility index (Phi) is 4.25. The summed E-state index contributed by atoms with van der Waals surface area (Å²) in [5.74, 6) is -0.430. The van der Waals surface area contributed by atoms with Gasteiger partial charge in [0, 0.05) is 11.4 Å². The van der Waals surface area contributed by atoms with Gasteiger partial charge in [-0.2, -0.15) is 0 Å². The first-order valence-corrected chi connectivity index (χ1v) is 6.73. The molecule has 0 bridgehead atoms. The van der Waals surface area contributed by atoms with Crippen LogP contribution in [0.25, 0.3) is 0 Å². The smallest absolute Gasteiger partial charge is 0.127 e. The zero-order valence-corrected chi connectivity index (χ0v) is 11.0. The fourth-order valence-corrected chi connectivity index (χ4v) is 2.74. The summed E-state index contributed by atoms with van der Waals surface area (Å²) >= 11 is 5.68. The van der Waals surface area contributed by atoms with Crippen LogP contribution in [0.3, 0.4) is 0 Å². The number of aliphatic hydroxyl groups excluding tert-OH is 1. The maximum Gasteiger partial charge on any atom is 0.127 e. The second-order valence-electron chi connectivity index (χ2n) is 5.12. The molecule has 0 saturated heterocycles. The van der Waals surface area contributed by atoms with Crippen molar-refractivity contribution in [1.82, 2.24) is 0 Å². The minimum atomic E-state index is -1.07. The standard InChI is InChI=1S/C14H18ClFO2/c15-11-5-4-10(12(16)9-11)8-13(17)14(18)6-2-1-3-7-14/h4-5,9,13,17-18H,1-3,6-8H2. The van der Waals surface area contributed by atoms with Crippen LogP contribution < -0.4 is 0 Å². The Labute approximate surface area is 111 Å². The number of hydrogen-bond acceptors (Lipinski definition) is 2. The third kappa shape index (κ3) is 3.02. The van der Waals surface area contributed by atoms with Gasteiger partial charge in [0.2, 0.25) is 0 Å². The summed E-state index contributed by atoms with van der Waals surface area (Å²) in [6.07, 6.45) is 3.29. The van der Waals surface area contributed by atoms with E-state index in [1.807, 2.05) is 0 Å². The topological polar surface area (TPSA) is 40.5 Å². The van der Waals surface area contributed by atoms with Crippen LogP contribution in [0.2, 0.25) is 5.02 Å². The Morgan fingerprint density at radius 2 is 1.94 bits per heavy atom. The summed E-state index contributed by atoms with van der Waals surface area (Å²) in [6, 6.07) is 4.39. The molecule has 0 aromatic heterocycles. The fourth-order valence-electron chi connectivity index (χ4n) is 2.58. The van der Waals surface area contributed by atoms with E-state index >= 15 is 0 Å². The Balaban J connectivity index is 2.08. The molecular weight excluding hydrogens is 255 g/mol. The van der Waals surface area contributed by atoms with Crippen molar-refractivity contribution in [2.24, 2.45) is 0 Å². The molecule has 1 unspecified atom stereocenters. The molecule has 18 heavy (non-hydrogen) atoms. The van der Waals surface area contributed by atoms with Gasteiger partial charge in [0.05, 0.1) is 11.7 Å². The van der Waals surface area contributed by atoms with Crippen molar-refractivity contribution in [3.8, 4) is 0 Å². The van der Waals surface area contributed by atoms with Gasteiger partial charge in [-0.15, -0.1) is 0 Å². The molecule has 0 heterocycles. The lowest BCUT2D eigenvalue weighted by atomic mass is 9.79. The molecular formula is C14H18ClFO2. The average Bonchev–Trinajstić information content (AvgIpc) is 2.33. The van der Waals surface area contributed by atoms with Gasteiger partial charge in [0.1, 0.15) is 5.82 Å². The molecule has 2 rings (SSSR count). The van der Waals surface area contributed by atoms with Crippen LogP contribution in [0.15, 0.2) is 18.2 Å². The third-order valence-electron chi connectivity index (χ3n) is 3.77. The molecule has 1 aliphatic carbocycles. The van der Waals surface area contributed by atoms with Crippen molar-refractivity contribution >= 4 is 11.6 Å². The Hall–Kier alpha value is -0.640. The fraction of sp³-hybridized carbons (Fsp3) is 0.571. The summed E-state index contributed by atoms with van der Waals surface area (Å²) in [5, 5.41) is 20.8. The average molecular weight is 273 g/mol. The maximum absolute atomic E-state index is 13.6. The van der Waals surface area contributed by atoms with Crippen LogP contribution in [-0.2, 0) is 6.42 Å². The summed E-state index contributed by atoms with van der Waals surface area (Å²) in [4.78, 5) is 0. The van der Waals surface area contributed by atoms with Crippen LogP contribution in [0.5, 0.6) is 0 Å². The molecule has 1 saturated carbocycles. The number of halogens is 2. The predicted molar refractivity (Wildman–Crippen MR) is 69.2 cm³/mol. The van der Waals surface area contributed by atoms with Crippen LogP contribution in [-0.4, -0.2) is 21.9 Å². The maximum atomic E-state index is 13.6. The van der Waals surface area contributed by atoms with E-state index < -0.39 is 17.5 Å². The van der Waals surface area contributed by atoms with Crippen LogP contribution in [0.1, 0.15) is 37.7 Å². The van der Waals surface area contributed by atoms with E-state index in [0.29, 0.717) is 23.4 Å². The van der Waals surface area contributed by atoms with Crippen molar-refractivity contribution in [3.63, 3.8) is 0 Å². The second-order valence-corrected chi connectivity index (χ2v) is 5.56. The van der Waals surface area contributed by atoms with E-state index in [1.165, 1.54) is 6.07 Å². The predicted octanol–water partition coefficient (Wildman–Crippen LogP) is 3.08. The molecule has 1 aromatic carbocycles. The first kappa shape index (κ1) is 13.8. The summed E-state index contributed by atoms with van der Waals surface area (Å²) < 4.78 is 13.6. The first-order valence-electron chi connectivity index (χ1n) is 6.36. The van der Waals surface area contributed by atoms with E-state index in [4.69, 9.17) is 11.6 Å². The zero-order valence-electron chi connectivity index (χ0n) is 10.2. The van der Waals surface area contributed by atoms with Gasteiger partial charge in [0.25, 0.3) is 0 Å². The van der Waals surface area contributed by atoms with E-state index in [9.17, 15) is 14.6 Å². The Morgan fingerprint density at radius 1 is 1.28 bits per heavy atom. The quantitative estimate of drug-likeness (QED) is 0.888. The molecule has 0 amide bonds. The van der Waals surface area contributed by atoms with Gasteiger partial charge >= 0.3 is 0 Å². The molecule has 1 aromatic rings. The van der Waals surface area contributed by atoms with Gasteiger partial charge in [-0.3, -0.25) is 0 Å². The molecule has 2 N–H and O–H groups in total. The summed E-state index contributed by atoms with van der Waals surface area (Å²) in [5.41, 5.74) is -0.671. The minimum Gasteiger partial charge on any atom is -0.390 e. The molecule has 4 heteroatoms. The lowest BCUT2D eigenvalue weighted by molar-refractivity contribution is -0.0962. The van der Waals surface area contributed by atoms with Crippen molar-refractivity contribution in [3.05, 3.63) is 34.6 Å². The van der Waals surface area contributed by atoms with Crippen molar-refractivity contribution < 1.29 is 14.6 Å². The largest absolute Gasteiger partial charge is 0.390 e. The zero-order chi connectivity index (χ0) is 13.2. The highest BCUT2D eigenvalue weighted by Crippen LogP contribution is 2.32. The van der Waals surface area contributed by atoms with Gasteiger partial charge in [-0.05, 0) is 30.5 Å². The molecule has 1 atom stereocenters. The van der Waals surface area contributed by atoms with Gasteiger partial charge in [-0.1, -0.05) is 36.9 Å². The monoisotopic (exact) mass is 272 g/mol. The van der Waals surface area contributed by atoms with Crippen LogP contribution in [0.4, 0.5) is 4.39 Å². The van der Waals surface area contributed by atoms with E-state index in [1.54, 1.807) is 12.1 Å². The SMILES string of the molecule is OC(Cc1ccc(Cl)cc1F)C1(O)CCCCC1. The minimum absolute atomic E-state index is 0.125. The number of hydrogen-bond donors (Lipinski definition) is 2. The summed E-state index contributed by atoms with van der Waals surface area (Å²) in [6.45, 7) is 0. The highest BCUT2D eigenvalue weighted by atomic mass is 35.5. The number of benzene rings is 1. The lowest BCUT2D eigenvalue weighted by Crippen LogP contribution is -2.45. The van der Waals surface area contributed by atoms with Crippen molar-refractivity contribution in [2.75, 3.05) is 0 Å². The molecule has 1 fully saturated rings. The Bertz CT molecular complexity index is 416. The molecule has 0 aliphatic heterocycles. The van der Waals surface area contributed by atoms with Gasteiger partial charge in [0.15, 0.2) is 0 Å². The highest BCUT2D eigenvalue weighted by Gasteiger charge is 2.36. The lowest BCUT2D eigenvalue weighted by Gasteiger charge is -2.36. The highest BCUT2D eigenvalue weighted by molar-refractivity contribution is 6.30. The van der Waals surface area contributed by atoms with Crippen LogP contribution >= 0.6 is 11.6 Å². The molecule has 1 aliphatic rings. The molecule has 2 nitrogen and oxygen atoms in total. The Morgan fingerprint density at radius 3 is 2.56 bits per heavy atom. The van der Waals surface area contributed by atoms with Crippen LogP contribution in [0, 0.1) is 5.82 Å². The van der Waals surface area contributed by atoms with Crippen molar-refractivity contribution in [2.45, 2.75) is 50.2 Å². The molecule has 0 spiro atoms. The first-order chi connectivity index (χ1) is 8.51. The molecule has 100 valence electrons. The third-order valence-corrected chi connectivity index (χ3v) is 4.00. The van der Waals surface area contributed by atoms with Gasteiger partial charge < -0.3 is 10.2 Å². The van der Waals surface area contributed by atoms with Gasteiger partial charge in [-0.25, -0.2) is 4.39 Å². The number of aliphatic hydroxyl groups is 2.